The van der Waals surface area contributed by atoms with Gasteiger partial charge in [-0.05, 0) is 37.3 Å². The van der Waals surface area contributed by atoms with Crippen molar-refractivity contribution in [3.8, 4) is 0 Å². The Morgan fingerprint density at radius 3 is 2.88 bits per heavy atom. The van der Waals surface area contributed by atoms with E-state index in [1.165, 1.54) is 6.26 Å². The van der Waals surface area contributed by atoms with E-state index >= 15 is 0 Å². The van der Waals surface area contributed by atoms with E-state index < -0.39 is 11.9 Å². The molecule has 1 saturated heterocycles. The molecule has 1 aromatic heterocycles. The van der Waals surface area contributed by atoms with Crippen molar-refractivity contribution >= 4 is 11.8 Å². The van der Waals surface area contributed by atoms with Gasteiger partial charge in [0.05, 0.1) is 19.0 Å². The Hall–Kier alpha value is -1.86. The lowest BCUT2D eigenvalue weighted by molar-refractivity contribution is -0.124. The van der Waals surface area contributed by atoms with Crippen LogP contribution in [0.4, 0.5) is 0 Å². The lowest BCUT2D eigenvalue weighted by Crippen LogP contribution is -2.49. The van der Waals surface area contributed by atoms with Crippen LogP contribution in [-0.4, -0.2) is 50.3 Å². The Balaban J connectivity index is 1.64. The summed E-state index contributed by atoms with van der Waals surface area (Å²) in [4.78, 5) is 24.4. The normalized spacial score (nSPS) is 18.3. The van der Waals surface area contributed by atoms with E-state index in [0.717, 1.165) is 25.9 Å². The van der Waals surface area contributed by atoms with Crippen molar-refractivity contribution in [2.45, 2.75) is 45.3 Å². The van der Waals surface area contributed by atoms with Crippen molar-refractivity contribution in [3.63, 3.8) is 0 Å². The third kappa shape index (κ3) is 6.51. The number of carbonyl (C=O) groups is 2. The fourth-order valence-corrected chi connectivity index (χ4v) is 2.64. The van der Waals surface area contributed by atoms with Crippen LogP contribution in [0.1, 0.15) is 43.7 Å². The molecule has 1 aliphatic heterocycles. The zero-order valence-corrected chi connectivity index (χ0v) is 15.0. The lowest BCUT2D eigenvalue weighted by atomic mass is 10.0. The summed E-state index contributed by atoms with van der Waals surface area (Å²) in [5.41, 5.74) is 0. The Morgan fingerprint density at radius 2 is 2.24 bits per heavy atom. The first-order chi connectivity index (χ1) is 12.1. The molecule has 2 N–H and O–H groups in total. The third-order valence-electron chi connectivity index (χ3n) is 4.07. The molecular weight excluding hydrogens is 324 g/mol. The molecule has 0 radical (unpaired) electrons. The molecule has 1 aromatic rings. The predicted molar refractivity (Wildman–Crippen MR) is 92.2 cm³/mol. The van der Waals surface area contributed by atoms with E-state index in [9.17, 15) is 9.59 Å². The molecule has 2 unspecified atom stereocenters. The van der Waals surface area contributed by atoms with Gasteiger partial charge in [-0.1, -0.05) is 13.8 Å². The van der Waals surface area contributed by atoms with Crippen LogP contribution in [0.15, 0.2) is 22.8 Å². The first-order valence-electron chi connectivity index (χ1n) is 8.89. The minimum atomic E-state index is -0.606. The largest absolute Gasteiger partial charge is 0.459 e. The Kier molecular flexibility index (Phi) is 7.94. The van der Waals surface area contributed by atoms with Crippen molar-refractivity contribution in [2.75, 3.05) is 26.4 Å². The highest BCUT2D eigenvalue weighted by Gasteiger charge is 2.25. The molecule has 25 heavy (non-hydrogen) atoms. The number of hydrogen-bond donors (Lipinski definition) is 2. The standard InChI is InChI=1S/C18H28N2O5/c1-13(2)16(20-17(21)15-7-4-11-25-15)18(22)19-8-5-9-23-12-14-6-3-10-24-14/h4,7,11,13-14,16H,3,5-6,8-10,12H2,1-2H3,(H,19,22)(H,20,21). The second-order valence-electron chi connectivity index (χ2n) is 6.53. The Labute approximate surface area is 148 Å². The van der Waals surface area contributed by atoms with E-state index in [1.54, 1.807) is 12.1 Å². The molecule has 1 aliphatic rings. The summed E-state index contributed by atoms with van der Waals surface area (Å²) in [5.74, 6) is -0.427. The molecule has 2 rings (SSSR count). The summed E-state index contributed by atoms with van der Waals surface area (Å²) >= 11 is 0. The minimum Gasteiger partial charge on any atom is -0.459 e. The van der Waals surface area contributed by atoms with Gasteiger partial charge < -0.3 is 24.5 Å². The highest BCUT2D eigenvalue weighted by molar-refractivity contribution is 5.95. The molecule has 0 bridgehead atoms. The monoisotopic (exact) mass is 352 g/mol. The van der Waals surface area contributed by atoms with E-state index in [1.807, 2.05) is 13.8 Å². The number of ether oxygens (including phenoxy) is 2. The maximum Gasteiger partial charge on any atom is 0.287 e. The van der Waals surface area contributed by atoms with E-state index in [0.29, 0.717) is 19.8 Å². The van der Waals surface area contributed by atoms with Gasteiger partial charge in [0.2, 0.25) is 5.91 Å². The van der Waals surface area contributed by atoms with Crippen molar-refractivity contribution in [1.82, 2.24) is 10.6 Å². The number of carbonyl (C=O) groups excluding carboxylic acids is 2. The van der Waals surface area contributed by atoms with Crippen LogP contribution in [0.2, 0.25) is 0 Å². The highest BCUT2D eigenvalue weighted by atomic mass is 16.5. The van der Waals surface area contributed by atoms with Gasteiger partial charge in [0, 0.05) is 19.8 Å². The smallest absolute Gasteiger partial charge is 0.287 e. The Bertz CT molecular complexity index is 524. The van der Waals surface area contributed by atoms with Gasteiger partial charge in [-0.2, -0.15) is 0 Å². The van der Waals surface area contributed by atoms with Gasteiger partial charge in [0.25, 0.3) is 5.91 Å². The van der Waals surface area contributed by atoms with Gasteiger partial charge in [-0.3, -0.25) is 9.59 Å². The second kappa shape index (κ2) is 10.2. The maximum absolute atomic E-state index is 12.3. The third-order valence-corrected chi connectivity index (χ3v) is 4.07. The first-order valence-corrected chi connectivity index (χ1v) is 8.89. The van der Waals surface area contributed by atoms with Gasteiger partial charge in [0.15, 0.2) is 5.76 Å². The molecule has 1 fully saturated rings. The summed E-state index contributed by atoms with van der Waals surface area (Å²) < 4.78 is 16.1. The van der Waals surface area contributed by atoms with Crippen LogP contribution >= 0.6 is 0 Å². The van der Waals surface area contributed by atoms with E-state index in [4.69, 9.17) is 13.9 Å². The number of rotatable bonds is 10. The number of nitrogens with one attached hydrogen (secondary N) is 2. The molecule has 7 nitrogen and oxygen atoms in total. The average Bonchev–Trinajstić information content (AvgIpc) is 3.28. The Morgan fingerprint density at radius 1 is 1.40 bits per heavy atom. The molecule has 7 heteroatoms. The van der Waals surface area contributed by atoms with Crippen molar-refractivity contribution in [2.24, 2.45) is 5.92 Å². The van der Waals surface area contributed by atoms with Crippen molar-refractivity contribution in [3.05, 3.63) is 24.2 Å². The second-order valence-corrected chi connectivity index (χ2v) is 6.53. The minimum absolute atomic E-state index is 0.0327. The van der Waals surface area contributed by atoms with Crippen LogP contribution in [0.3, 0.4) is 0 Å². The summed E-state index contributed by atoms with van der Waals surface area (Å²) in [6.07, 6.45) is 4.52. The SMILES string of the molecule is CC(C)C(NC(=O)c1ccco1)C(=O)NCCCOCC1CCCO1. The first kappa shape index (κ1) is 19.5. The molecule has 0 saturated carbocycles. The topological polar surface area (TPSA) is 89.8 Å². The fraction of sp³-hybridized carbons (Fsp3) is 0.667. The van der Waals surface area contributed by atoms with Crippen LogP contribution in [-0.2, 0) is 14.3 Å². The molecule has 0 aromatic carbocycles. The fourth-order valence-electron chi connectivity index (χ4n) is 2.64. The predicted octanol–water partition coefficient (Wildman–Crippen LogP) is 1.74. The number of amides is 2. The van der Waals surface area contributed by atoms with Crippen molar-refractivity contribution < 1.29 is 23.5 Å². The molecule has 0 spiro atoms. The van der Waals surface area contributed by atoms with Gasteiger partial charge in [-0.15, -0.1) is 0 Å². The maximum atomic E-state index is 12.3. The van der Waals surface area contributed by atoms with Crippen LogP contribution in [0.5, 0.6) is 0 Å². The quantitative estimate of drug-likeness (QED) is 0.626. The molecule has 0 aliphatic carbocycles. The van der Waals surface area contributed by atoms with Crippen LogP contribution in [0.25, 0.3) is 0 Å². The molecule has 2 amide bonds. The zero-order valence-electron chi connectivity index (χ0n) is 15.0. The van der Waals surface area contributed by atoms with Gasteiger partial charge in [-0.25, -0.2) is 0 Å². The van der Waals surface area contributed by atoms with E-state index in [2.05, 4.69) is 10.6 Å². The average molecular weight is 352 g/mol. The summed E-state index contributed by atoms with van der Waals surface area (Å²) in [6.45, 7) is 6.29. The van der Waals surface area contributed by atoms with Gasteiger partial charge in [0.1, 0.15) is 6.04 Å². The molecule has 2 atom stereocenters. The van der Waals surface area contributed by atoms with Gasteiger partial charge >= 0.3 is 0 Å². The zero-order chi connectivity index (χ0) is 18.1. The summed E-state index contributed by atoms with van der Waals surface area (Å²) in [6, 6.07) is 2.59. The van der Waals surface area contributed by atoms with Crippen molar-refractivity contribution in [1.29, 1.82) is 0 Å². The molecule has 2 heterocycles. The summed E-state index contributed by atoms with van der Waals surface area (Å²) in [7, 11) is 0. The van der Waals surface area contributed by atoms with E-state index in [-0.39, 0.29) is 23.7 Å². The van der Waals surface area contributed by atoms with Crippen LogP contribution in [0, 0.1) is 5.92 Å². The van der Waals surface area contributed by atoms with Crippen LogP contribution < -0.4 is 10.6 Å². The number of hydrogen-bond acceptors (Lipinski definition) is 5. The highest BCUT2D eigenvalue weighted by Crippen LogP contribution is 2.11. The lowest BCUT2D eigenvalue weighted by Gasteiger charge is -2.21. The number of furan rings is 1. The molecular formula is C18H28N2O5. The molecule has 140 valence electrons. The summed E-state index contributed by atoms with van der Waals surface area (Å²) in [5, 5.41) is 5.56.